The van der Waals surface area contributed by atoms with Crippen molar-refractivity contribution < 1.29 is 8.53 Å². The molecule has 0 aliphatic carbocycles. The fraction of sp³-hybridized carbons (Fsp3) is 0.0612. The second-order valence-electron chi connectivity index (χ2n) is 14.2. The first kappa shape index (κ1) is 27.9. The van der Waals surface area contributed by atoms with Crippen molar-refractivity contribution in [1.82, 2.24) is 0 Å². The van der Waals surface area contributed by atoms with Crippen LogP contribution in [-0.4, -0.2) is 8.07 Å². The highest BCUT2D eigenvalue weighted by Gasteiger charge is 2.27. The fourth-order valence-corrected chi connectivity index (χ4v) is 11.0. The summed E-state index contributed by atoms with van der Waals surface area (Å²) in [6, 6.07) is 57.9. The Hall–Kier alpha value is -5.74. The van der Waals surface area contributed by atoms with E-state index in [1.165, 1.54) is 38.2 Å². The minimum atomic E-state index is -2.95. The molecule has 0 N–H and O–H groups in total. The van der Waals surface area contributed by atoms with Gasteiger partial charge in [-0.1, -0.05) is 170 Å². The van der Waals surface area contributed by atoms with Crippen LogP contribution in [0.3, 0.4) is 0 Å². The van der Waals surface area contributed by atoms with E-state index < -0.39 is 14.5 Å². The monoisotopic (exact) mass is 703 g/mol. The smallest absolute Gasteiger partial charge is 0.144 e. The number of hydrogen-bond acceptors (Lipinski definition) is 2. The molecule has 0 spiro atoms. The molecule has 248 valence electrons. The van der Waals surface area contributed by atoms with Crippen molar-refractivity contribution in [3.05, 3.63) is 164 Å². The summed E-state index contributed by atoms with van der Waals surface area (Å²) in [6.07, 6.45) is 0. The molecule has 0 amide bonds. The van der Waals surface area contributed by atoms with Crippen molar-refractivity contribution in [2.75, 3.05) is 0 Å². The third-order valence-electron chi connectivity index (χ3n) is 10.5. The van der Waals surface area contributed by atoms with Crippen LogP contribution in [0.4, 0.5) is 0 Å². The molecule has 2 heterocycles. The molecule has 3 heteroatoms. The van der Waals surface area contributed by atoms with E-state index in [0.29, 0.717) is 0 Å². The van der Waals surface area contributed by atoms with E-state index in [1.54, 1.807) is 11.3 Å². The highest BCUT2D eigenvalue weighted by Crippen LogP contribution is 2.49. The average Bonchev–Trinajstić information content (AvgIpc) is 3.79. The van der Waals surface area contributed by atoms with Gasteiger partial charge in [0.2, 0.25) is 0 Å². The Balaban J connectivity index is 1.24. The molecule has 0 aliphatic heterocycles. The summed E-state index contributed by atoms with van der Waals surface area (Å²) in [5.74, 6) is 0. The van der Waals surface area contributed by atoms with Crippen LogP contribution >= 0.6 is 11.3 Å². The van der Waals surface area contributed by atoms with Gasteiger partial charge in [-0.25, -0.2) is 0 Å². The summed E-state index contributed by atoms with van der Waals surface area (Å²) < 4.78 is 33.7. The Labute approximate surface area is 312 Å². The van der Waals surface area contributed by atoms with Crippen molar-refractivity contribution in [2.45, 2.75) is 19.6 Å². The van der Waals surface area contributed by atoms with Crippen molar-refractivity contribution in [2.24, 2.45) is 0 Å². The zero-order chi connectivity index (χ0) is 37.5. The first-order chi connectivity index (χ1) is 26.7. The molecule has 0 bridgehead atoms. The first-order valence-electron chi connectivity index (χ1n) is 19.3. The Morgan fingerprint density at radius 2 is 1.00 bits per heavy atom. The lowest BCUT2D eigenvalue weighted by Gasteiger charge is -2.20. The number of hydrogen-bond donors (Lipinski definition) is 0. The summed E-state index contributed by atoms with van der Waals surface area (Å²) in [7, 11) is -2.95. The van der Waals surface area contributed by atoms with Crippen LogP contribution in [0.25, 0.3) is 97.4 Å². The van der Waals surface area contributed by atoms with Gasteiger partial charge in [-0.2, -0.15) is 0 Å². The number of rotatable bonds is 5. The SMILES string of the molecule is [2H]C([2H])([2H])[Si](C)(C)c1cccc2sc(-c3cccc4c3oc3ccccc34)c(-c3ccc(-c4c5ccccc5c(-c5ccccc5)c5ccccc45)cc3)c12. The molecule has 8 aromatic carbocycles. The second-order valence-corrected chi connectivity index (χ2v) is 19.0. The molecule has 0 saturated carbocycles. The van der Waals surface area contributed by atoms with Gasteiger partial charge in [0.1, 0.15) is 11.2 Å². The number of thiophene rings is 1. The summed E-state index contributed by atoms with van der Waals surface area (Å²) in [6.45, 7) is 1.89. The van der Waals surface area contributed by atoms with Crippen LogP contribution in [0.5, 0.6) is 0 Å². The van der Waals surface area contributed by atoms with Gasteiger partial charge >= 0.3 is 0 Å². The standard InChI is InChI=1S/C49H36OSSi/c1-52(2,3)43-26-14-25-42-47(43)46(49(51-42)40-23-13-22-39-34-17-11-12-24-41(34)50-48(39)40)33-29-27-32(28-30-33)45-37-20-9-7-18-35(37)44(31-15-5-4-6-16-31)36-19-8-10-21-38(36)45/h4-30H,1-3H3/i1D3. The third-order valence-corrected chi connectivity index (χ3v) is 13.4. The first-order valence-corrected chi connectivity index (χ1v) is 21.6. The van der Waals surface area contributed by atoms with Gasteiger partial charge in [-0.3, -0.25) is 0 Å². The topological polar surface area (TPSA) is 13.1 Å². The number of fused-ring (bicyclic) bond motifs is 6. The molecule has 1 nitrogen and oxygen atoms in total. The van der Waals surface area contributed by atoms with Crippen LogP contribution in [0.1, 0.15) is 4.11 Å². The van der Waals surface area contributed by atoms with Crippen molar-refractivity contribution >= 4 is 78.2 Å². The van der Waals surface area contributed by atoms with Gasteiger partial charge in [-0.05, 0) is 67.6 Å². The number of benzene rings is 8. The average molecular weight is 704 g/mol. The van der Waals surface area contributed by atoms with E-state index in [1.807, 2.05) is 37.4 Å². The van der Waals surface area contributed by atoms with Gasteiger partial charge in [0, 0.05) is 41.0 Å². The molecule has 10 rings (SSSR count). The minimum Gasteiger partial charge on any atom is -0.455 e. The molecule has 52 heavy (non-hydrogen) atoms. The molecular weight excluding hydrogens is 665 g/mol. The minimum absolute atomic E-state index is 0.846. The van der Waals surface area contributed by atoms with Crippen LogP contribution in [-0.2, 0) is 0 Å². The third kappa shape index (κ3) is 4.81. The van der Waals surface area contributed by atoms with E-state index in [-0.39, 0.29) is 0 Å². The van der Waals surface area contributed by atoms with Crippen molar-refractivity contribution in [3.8, 4) is 43.8 Å². The molecule has 0 aliphatic rings. The summed E-state index contributed by atoms with van der Waals surface area (Å²) >= 11 is 1.72. The second kappa shape index (κ2) is 11.9. The zero-order valence-electron chi connectivity index (χ0n) is 31.9. The Bertz CT molecular complexity index is 3040. The lowest BCUT2D eigenvalue weighted by molar-refractivity contribution is 0.670. The molecule has 0 saturated heterocycles. The molecule has 10 aromatic rings. The van der Waals surface area contributed by atoms with E-state index in [4.69, 9.17) is 8.53 Å². The Morgan fingerprint density at radius 1 is 0.481 bits per heavy atom. The maximum atomic E-state index is 8.67. The maximum absolute atomic E-state index is 8.67. The zero-order valence-corrected chi connectivity index (χ0v) is 30.7. The van der Waals surface area contributed by atoms with Crippen molar-refractivity contribution in [3.63, 3.8) is 0 Å². The largest absolute Gasteiger partial charge is 0.455 e. The van der Waals surface area contributed by atoms with Gasteiger partial charge in [0.15, 0.2) is 0 Å². The lowest BCUT2D eigenvalue weighted by Crippen LogP contribution is -2.37. The van der Waals surface area contributed by atoms with Crippen LogP contribution in [0.15, 0.2) is 168 Å². The normalized spacial score (nSPS) is 13.2. The van der Waals surface area contributed by atoms with E-state index in [9.17, 15) is 0 Å². The number of furan rings is 1. The molecule has 0 fully saturated rings. The van der Waals surface area contributed by atoms with Crippen LogP contribution in [0.2, 0.25) is 19.6 Å². The van der Waals surface area contributed by atoms with Crippen LogP contribution in [0, 0.1) is 0 Å². The summed E-state index contributed by atoms with van der Waals surface area (Å²) in [4.78, 5) is 1.08. The van der Waals surface area contributed by atoms with Gasteiger partial charge in [-0.15, -0.1) is 11.3 Å². The highest BCUT2D eigenvalue weighted by atomic mass is 32.1. The predicted octanol–water partition coefficient (Wildman–Crippen LogP) is 14.3. The molecule has 2 aromatic heterocycles. The Morgan fingerprint density at radius 3 is 1.63 bits per heavy atom. The summed E-state index contributed by atoms with van der Waals surface area (Å²) in [5, 5.41) is 9.01. The molecule has 0 unspecified atom stereocenters. The summed E-state index contributed by atoms with van der Waals surface area (Å²) in [5.41, 5.74) is 9.61. The maximum Gasteiger partial charge on any atom is 0.144 e. The lowest BCUT2D eigenvalue weighted by atomic mass is 9.85. The molecule has 0 atom stereocenters. The van der Waals surface area contributed by atoms with E-state index in [2.05, 4.69) is 140 Å². The molecule has 0 radical (unpaired) electrons. The van der Waals surface area contributed by atoms with Gasteiger partial charge in [0.25, 0.3) is 0 Å². The van der Waals surface area contributed by atoms with Crippen LogP contribution < -0.4 is 5.19 Å². The highest BCUT2D eigenvalue weighted by molar-refractivity contribution is 7.23. The van der Waals surface area contributed by atoms with Gasteiger partial charge in [0.05, 0.1) is 8.07 Å². The van der Waals surface area contributed by atoms with E-state index in [0.717, 1.165) is 64.3 Å². The Kier molecular flexibility index (Phi) is 6.40. The van der Waals surface area contributed by atoms with Crippen molar-refractivity contribution in [1.29, 1.82) is 0 Å². The quantitative estimate of drug-likeness (QED) is 0.128. The van der Waals surface area contributed by atoms with Gasteiger partial charge < -0.3 is 4.42 Å². The van der Waals surface area contributed by atoms with E-state index >= 15 is 0 Å². The molecular formula is C49H36OSSi. The predicted molar refractivity (Wildman–Crippen MR) is 229 cm³/mol. The fourth-order valence-electron chi connectivity index (χ4n) is 8.22. The number of para-hydroxylation sites is 2.